The SMILES string of the molecule is CCN(CC)CCN1CCC(C(c2ccccc2)c2ccc(Cl)cc2)CC1.Cl.Cl. The van der Waals surface area contributed by atoms with E-state index in [1.165, 1.54) is 50.1 Å². The fourth-order valence-corrected chi connectivity index (χ4v) is 4.53. The summed E-state index contributed by atoms with van der Waals surface area (Å²) in [6.45, 7) is 11.6. The third-order valence-electron chi connectivity index (χ3n) is 6.12. The second-order valence-corrected chi connectivity index (χ2v) is 8.08. The van der Waals surface area contributed by atoms with Gasteiger partial charge in [-0.3, -0.25) is 0 Å². The van der Waals surface area contributed by atoms with Crippen LogP contribution in [0.15, 0.2) is 54.6 Å². The maximum Gasteiger partial charge on any atom is 0.0406 e. The number of likely N-dealkylation sites (N-methyl/N-ethyl adjacent to an activating group) is 1. The van der Waals surface area contributed by atoms with Gasteiger partial charge in [-0.25, -0.2) is 0 Å². The average molecular weight is 458 g/mol. The normalized spacial score (nSPS) is 16.1. The summed E-state index contributed by atoms with van der Waals surface area (Å²) in [5.41, 5.74) is 2.83. The van der Waals surface area contributed by atoms with Gasteiger partial charge >= 0.3 is 0 Å². The van der Waals surface area contributed by atoms with Gasteiger partial charge in [-0.1, -0.05) is 67.9 Å². The second-order valence-electron chi connectivity index (χ2n) is 7.65. The van der Waals surface area contributed by atoms with E-state index in [9.17, 15) is 0 Å². The second kappa shape index (κ2) is 13.5. The molecule has 0 N–H and O–H groups in total. The Labute approximate surface area is 194 Å². The third-order valence-corrected chi connectivity index (χ3v) is 6.37. The molecule has 0 spiro atoms. The highest BCUT2D eigenvalue weighted by molar-refractivity contribution is 6.30. The van der Waals surface area contributed by atoms with Crippen molar-refractivity contribution in [2.24, 2.45) is 5.92 Å². The van der Waals surface area contributed by atoms with Crippen LogP contribution in [0.25, 0.3) is 0 Å². The zero-order valence-corrected chi connectivity index (χ0v) is 20.0. The van der Waals surface area contributed by atoms with Crippen LogP contribution in [0.5, 0.6) is 0 Å². The van der Waals surface area contributed by atoms with Crippen molar-refractivity contribution in [2.45, 2.75) is 32.6 Å². The van der Waals surface area contributed by atoms with Crippen molar-refractivity contribution in [3.05, 3.63) is 70.7 Å². The first-order chi connectivity index (χ1) is 13.2. The Balaban J connectivity index is 0.00000210. The molecule has 29 heavy (non-hydrogen) atoms. The van der Waals surface area contributed by atoms with Crippen molar-refractivity contribution >= 4 is 36.4 Å². The molecule has 1 fully saturated rings. The number of likely N-dealkylation sites (tertiary alicyclic amines) is 1. The number of rotatable bonds is 8. The van der Waals surface area contributed by atoms with Crippen LogP contribution >= 0.6 is 36.4 Å². The van der Waals surface area contributed by atoms with Gasteiger partial charge in [0.25, 0.3) is 0 Å². The van der Waals surface area contributed by atoms with E-state index < -0.39 is 0 Å². The van der Waals surface area contributed by atoms with Crippen LogP contribution in [0.3, 0.4) is 0 Å². The van der Waals surface area contributed by atoms with E-state index in [0.717, 1.165) is 18.1 Å². The number of hydrogen-bond donors (Lipinski definition) is 0. The van der Waals surface area contributed by atoms with Gasteiger partial charge in [0.2, 0.25) is 0 Å². The molecule has 0 bridgehead atoms. The Bertz CT molecular complexity index is 666. The summed E-state index contributed by atoms with van der Waals surface area (Å²) >= 11 is 6.14. The standard InChI is InChI=1S/C24H33ClN2.2ClH/c1-3-26(4-2)18-19-27-16-14-22(15-17-27)24(20-8-6-5-7-9-20)21-10-12-23(25)13-11-21;;/h5-13,22,24H,3-4,14-19H2,1-2H3;2*1H. The zero-order chi connectivity index (χ0) is 19.1. The molecule has 2 aromatic rings. The molecule has 1 unspecified atom stereocenters. The highest BCUT2D eigenvalue weighted by atomic mass is 35.5. The molecule has 3 rings (SSSR count). The van der Waals surface area contributed by atoms with E-state index in [1.807, 2.05) is 12.1 Å². The smallest absolute Gasteiger partial charge is 0.0406 e. The predicted octanol–water partition coefficient (Wildman–Crippen LogP) is 6.37. The van der Waals surface area contributed by atoms with Crippen LogP contribution in [0.2, 0.25) is 5.02 Å². The summed E-state index contributed by atoms with van der Waals surface area (Å²) < 4.78 is 0. The molecule has 5 heteroatoms. The van der Waals surface area contributed by atoms with E-state index in [-0.39, 0.29) is 24.8 Å². The van der Waals surface area contributed by atoms with E-state index >= 15 is 0 Å². The summed E-state index contributed by atoms with van der Waals surface area (Å²) in [6, 6.07) is 19.5. The summed E-state index contributed by atoms with van der Waals surface area (Å²) in [5.74, 6) is 1.16. The fraction of sp³-hybridized carbons (Fsp3) is 0.500. The van der Waals surface area contributed by atoms with Crippen molar-refractivity contribution in [1.82, 2.24) is 9.80 Å². The van der Waals surface area contributed by atoms with E-state index in [4.69, 9.17) is 11.6 Å². The maximum absolute atomic E-state index is 6.14. The lowest BCUT2D eigenvalue weighted by Crippen LogP contribution is -2.40. The molecule has 0 aliphatic carbocycles. The van der Waals surface area contributed by atoms with E-state index in [0.29, 0.717) is 11.8 Å². The Morgan fingerprint density at radius 2 is 1.45 bits per heavy atom. The molecule has 2 aromatic carbocycles. The van der Waals surface area contributed by atoms with Gasteiger partial charge in [-0.2, -0.15) is 0 Å². The highest BCUT2D eigenvalue weighted by Crippen LogP contribution is 2.38. The summed E-state index contributed by atoms with van der Waals surface area (Å²) in [7, 11) is 0. The van der Waals surface area contributed by atoms with Crippen LogP contribution in [0.4, 0.5) is 0 Å². The molecule has 162 valence electrons. The molecule has 0 saturated carbocycles. The highest BCUT2D eigenvalue weighted by Gasteiger charge is 2.28. The quantitative estimate of drug-likeness (QED) is 0.454. The van der Waals surface area contributed by atoms with Crippen LogP contribution in [-0.4, -0.2) is 49.1 Å². The summed E-state index contributed by atoms with van der Waals surface area (Å²) in [4.78, 5) is 5.17. The average Bonchev–Trinajstić information content (AvgIpc) is 2.72. The maximum atomic E-state index is 6.14. The van der Waals surface area contributed by atoms with Gasteiger partial charge in [-0.05, 0) is 68.2 Å². The van der Waals surface area contributed by atoms with Crippen molar-refractivity contribution < 1.29 is 0 Å². The number of piperidine rings is 1. The first kappa shape index (κ1) is 26.3. The Morgan fingerprint density at radius 1 is 0.897 bits per heavy atom. The minimum absolute atomic E-state index is 0. The van der Waals surface area contributed by atoms with Gasteiger partial charge in [0.05, 0.1) is 0 Å². The van der Waals surface area contributed by atoms with Crippen LogP contribution in [0, 0.1) is 5.92 Å². The van der Waals surface area contributed by atoms with Gasteiger partial charge < -0.3 is 9.80 Å². The lowest BCUT2D eigenvalue weighted by atomic mass is 9.76. The lowest BCUT2D eigenvalue weighted by molar-refractivity contribution is 0.153. The topological polar surface area (TPSA) is 6.48 Å². The minimum Gasteiger partial charge on any atom is -0.303 e. The lowest BCUT2D eigenvalue weighted by Gasteiger charge is -2.37. The molecular formula is C24H35Cl3N2. The molecule has 1 heterocycles. The van der Waals surface area contributed by atoms with Crippen LogP contribution in [-0.2, 0) is 0 Å². The number of halogens is 3. The summed E-state index contributed by atoms with van der Waals surface area (Å²) in [6.07, 6.45) is 2.53. The van der Waals surface area contributed by atoms with Crippen LogP contribution < -0.4 is 0 Å². The molecular weight excluding hydrogens is 423 g/mol. The van der Waals surface area contributed by atoms with E-state index in [1.54, 1.807) is 0 Å². The van der Waals surface area contributed by atoms with E-state index in [2.05, 4.69) is 66.1 Å². The van der Waals surface area contributed by atoms with Crippen molar-refractivity contribution in [2.75, 3.05) is 39.3 Å². The molecule has 2 nitrogen and oxygen atoms in total. The Kier molecular flexibility index (Phi) is 12.2. The molecule has 0 aromatic heterocycles. The van der Waals surface area contributed by atoms with Crippen LogP contribution in [0.1, 0.15) is 43.7 Å². The monoisotopic (exact) mass is 456 g/mol. The number of nitrogens with zero attached hydrogens (tertiary/aromatic N) is 2. The molecule has 0 radical (unpaired) electrons. The number of benzene rings is 2. The van der Waals surface area contributed by atoms with Gasteiger partial charge in [0.15, 0.2) is 0 Å². The first-order valence-electron chi connectivity index (χ1n) is 10.5. The first-order valence-corrected chi connectivity index (χ1v) is 10.8. The predicted molar refractivity (Wildman–Crippen MR) is 131 cm³/mol. The zero-order valence-electron chi connectivity index (χ0n) is 17.6. The third kappa shape index (κ3) is 7.45. The van der Waals surface area contributed by atoms with Crippen molar-refractivity contribution in [3.63, 3.8) is 0 Å². The van der Waals surface area contributed by atoms with Crippen molar-refractivity contribution in [1.29, 1.82) is 0 Å². The largest absolute Gasteiger partial charge is 0.303 e. The Hall–Kier alpha value is -0.770. The molecule has 1 atom stereocenters. The fourth-order valence-electron chi connectivity index (χ4n) is 4.40. The van der Waals surface area contributed by atoms with Crippen molar-refractivity contribution in [3.8, 4) is 0 Å². The van der Waals surface area contributed by atoms with Gasteiger partial charge in [0, 0.05) is 24.0 Å². The van der Waals surface area contributed by atoms with Gasteiger partial charge in [-0.15, -0.1) is 24.8 Å². The molecule has 1 aliphatic heterocycles. The number of hydrogen-bond acceptors (Lipinski definition) is 2. The molecule has 1 aliphatic rings. The minimum atomic E-state index is 0. The Morgan fingerprint density at radius 3 is 2.00 bits per heavy atom. The molecule has 0 amide bonds. The molecule has 1 saturated heterocycles. The van der Waals surface area contributed by atoms with Gasteiger partial charge in [0.1, 0.15) is 0 Å². The summed E-state index contributed by atoms with van der Waals surface area (Å²) in [5, 5.41) is 0.816.